The van der Waals surface area contributed by atoms with Crippen LogP contribution in [-0.2, 0) is 16.5 Å². The largest absolute Gasteiger partial charge is 0.355 e. The number of hydrogen-bond donors (Lipinski definition) is 1. The van der Waals surface area contributed by atoms with E-state index in [9.17, 15) is 9.59 Å². The van der Waals surface area contributed by atoms with Gasteiger partial charge in [0.1, 0.15) is 5.69 Å². The number of rotatable bonds is 4. The van der Waals surface area contributed by atoms with Gasteiger partial charge in [0.25, 0.3) is 11.5 Å². The van der Waals surface area contributed by atoms with Crippen LogP contribution in [0.4, 0.5) is 5.69 Å². The summed E-state index contributed by atoms with van der Waals surface area (Å²) in [6.45, 7) is 12.3. The molecule has 1 aliphatic carbocycles. The smallest absolute Gasteiger partial charge is 0.291 e. The highest BCUT2D eigenvalue weighted by molar-refractivity contribution is 6.04. The van der Waals surface area contributed by atoms with E-state index in [1.807, 2.05) is 25.6 Å². The summed E-state index contributed by atoms with van der Waals surface area (Å²) in [6.07, 6.45) is 4.66. The highest BCUT2D eigenvalue weighted by Crippen LogP contribution is 2.44. The maximum atomic E-state index is 13.2. The van der Waals surface area contributed by atoms with Crippen LogP contribution in [0.15, 0.2) is 9.32 Å². The molecule has 0 aromatic carbocycles. The van der Waals surface area contributed by atoms with Crippen molar-refractivity contribution < 1.29 is 18.8 Å². The van der Waals surface area contributed by atoms with Gasteiger partial charge in [0, 0.05) is 12.6 Å². The molecule has 9 nitrogen and oxygen atoms in total. The van der Waals surface area contributed by atoms with Gasteiger partial charge in [0.2, 0.25) is 6.29 Å². The van der Waals surface area contributed by atoms with E-state index in [0.717, 1.165) is 25.7 Å². The fourth-order valence-electron chi connectivity index (χ4n) is 4.62. The van der Waals surface area contributed by atoms with E-state index < -0.39 is 17.8 Å². The Balaban J connectivity index is 1.55. The van der Waals surface area contributed by atoms with E-state index in [1.165, 1.54) is 6.42 Å². The van der Waals surface area contributed by atoms with Gasteiger partial charge in [-0.25, -0.2) is 4.68 Å². The average Bonchev–Trinajstić information content (AvgIpc) is 3.40. The van der Waals surface area contributed by atoms with Crippen LogP contribution >= 0.6 is 0 Å². The number of ether oxygens (including phenoxy) is 2. The van der Waals surface area contributed by atoms with Gasteiger partial charge in [0.05, 0.1) is 23.9 Å². The molecule has 0 unspecified atom stereocenters. The van der Waals surface area contributed by atoms with Crippen molar-refractivity contribution in [3.8, 4) is 0 Å². The van der Waals surface area contributed by atoms with Crippen LogP contribution in [0.1, 0.15) is 99.6 Å². The van der Waals surface area contributed by atoms with Crippen molar-refractivity contribution in [2.75, 3.05) is 11.9 Å². The molecule has 0 radical (unpaired) electrons. The molecule has 2 fully saturated rings. The molecular weight excluding hydrogens is 424 g/mol. The second kappa shape index (κ2) is 8.43. The predicted octanol–water partition coefficient (Wildman–Crippen LogP) is 4.40. The molecule has 1 aliphatic heterocycles. The lowest BCUT2D eigenvalue weighted by atomic mass is 9.78. The lowest BCUT2D eigenvalue weighted by molar-refractivity contribution is -0.131. The Labute approximate surface area is 194 Å². The van der Waals surface area contributed by atoms with Gasteiger partial charge in [-0.15, -0.1) is 0 Å². The Hall–Kier alpha value is -2.39. The van der Waals surface area contributed by atoms with Gasteiger partial charge in [-0.05, 0) is 39.0 Å². The SMILES string of the molecule is Cc1c(C(=O)Nc2c(C)n(C)n(C3CCCCC3)c2=O)noc1[C@@H]1OC[C@@](C)(C(C)(C)C)O1. The molecule has 1 amide bonds. The molecule has 182 valence electrons. The Morgan fingerprint density at radius 2 is 1.85 bits per heavy atom. The fourth-order valence-corrected chi connectivity index (χ4v) is 4.62. The quantitative estimate of drug-likeness (QED) is 0.726. The van der Waals surface area contributed by atoms with Crippen LogP contribution in [-0.4, -0.2) is 32.6 Å². The van der Waals surface area contributed by atoms with Crippen LogP contribution in [0, 0.1) is 19.3 Å². The summed E-state index contributed by atoms with van der Waals surface area (Å²) >= 11 is 0. The number of anilines is 1. The molecule has 1 N–H and O–H groups in total. The Morgan fingerprint density at radius 3 is 2.45 bits per heavy atom. The van der Waals surface area contributed by atoms with Crippen molar-refractivity contribution in [3.05, 3.63) is 33.1 Å². The van der Waals surface area contributed by atoms with Crippen LogP contribution in [0.5, 0.6) is 0 Å². The molecule has 4 rings (SSSR count). The minimum atomic E-state index is -0.731. The summed E-state index contributed by atoms with van der Waals surface area (Å²) < 4.78 is 21.1. The summed E-state index contributed by atoms with van der Waals surface area (Å²) in [5.41, 5.74) is 0.837. The standard InChI is InChI=1S/C24H36N4O5/c1-14-17(26-33-19(14)22-31-13-24(6,32-22)23(3,4)5)20(29)25-18-15(2)27(7)28(21(18)30)16-11-9-8-10-12-16/h16,22H,8-13H2,1-7H3,(H,25,29)/t22-,24+/m1/s1. The molecule has 2 aromatic heterocycles. The zero-order chi connectivity index (χ0) is 24.1. The Bertz CT molecular complexity index is 1100. The van der Waals surface area contributed by atoms with Crippen LogP contribution in [0.3, 0.4) is 0 Å². The molecule has 1 saturated heterocycles. The fraction of sp³-hybridized carbons (Fsp3) is 0.708. The van der Waals surface area contributed by atoms with Gasteiger partial charge < -0.3 is 19.3 Å². The number of hydrogen-bond acceptors (Lipinski definition) is 6. The zero-order valence-electron chi connectivity index (χ0n) is 20.8. The first kappa shape index (κ1) is 23.8. The van der Waals surface area contributed by atoms with E-state index in [-0.39, 0.29) is 28.4 Å². The second-order valence-corrected chi connectivity index (χ2v) is 10.6. The third-order valence-corrected chi connectivity index (χ3v) is 7.60. The van der Waals surface area contributed by atoms with E-state index in [0.29, 0.717) is 23.6 Å². The van der Waals surface area contributed by atoms with E-state index in [2.05, 4.69) is 31.2 Å². The summed E-state index contributed by atoms with van der Waals surface area (Å²) in [5, 5.41) is 6.77. The van der Waals surface area contributed by atoms with E-state index in [1.54, 1.807) is 11.6 Å². The zero-order valence-corrected chi connectivity index (χ0v) is 20.8. The van der Waals surface area contributed by atoms with Crippen molar-refractivity contribution >= 4 is 11.6 Å². The first-order chi connectivity index (χ1) is 15.4. The Kier molecular flexibility index (Phi) is 6.07. The molecule has 33 heavy (non-hydrogen) atoms. The molecule has 0 spiro atoms. The first-order valence-electron chi connectivity index (χ1n) is 11.8. The number of nitrogens with zero attached hydrogens (tertiary/aromatic N) is 3. The second-order valence-electron chi connectivity index (χ2n) is 10.6. The molecule has 3 heterocycles. The number of carbonyl (C=O) groups is 1. The van der Waals surface area contributed by atoms with Crippen molar-refractivity contribution in [1.82, 2.24) is 14.5 Å². The summed E-state index contributed by atoms with van der Waals surface area (Å²) in [4.78, 5) is 26.3. The normalized spacial score (nSPS) is 24.4. The minimum absolute atomic E-state index is 0.119. The number of carbonyl (C=O) groups excluding carboxylic acids is 1. The van der Waals surface area contributed by atoms with Gasteiger partial charge in [-0.1, -0.05) is 45.2 Å². The van der Waals surface area contributed by atoms with Crippen molar-refractivity contribution in [1.29, 1.82) is 0 Å². The summed E-state index contributed by atoms with van der Waals surface area (Å²) in [7, 11) is 1.86. The van der Waals surface area contributed by atoms with Crippen LogP contribution < -0.4 is 10.9 Å². The molecule has 2 aliphatic rings. The van der Waals surface area contributed by atoms with E-state index >= 15 is 0 Å². The third kappa shape index (κ3) is 4.05. The van der Waals surface area contributed by atoms with Gasteiger partial charge in [-0.2, -0.15) is 0 Å². The first-order valence-corrected chi connectivity index (χ1v) is 11.8. The highest BCUT2D eigenvalue weighted by atomic mass is 16.7. The topological polar surface area (TPSA) is 101 Å². The molecule has 1 saturated carbocycles. The maximum absolute atomic E-state index is 13.2. The van der Waals surface area contributed by atoms with Gasteiger partial charge in [0.15, 0.2) is 11.5 Å². The molecule has 2 atom stereocenters. The number of aromatic nitrogens is 3. The molecule has 2 aromatic rings. The summed E-state index contributed by atoms with van der Waals surface area (Å²) in [6, 6.07) is 0.162. The highest BCUT2D eigenvalue weighted by Gasteiger charge is 2.48. The molecular formula is C24H36N4O5. The minimum Gasteiger partial charge on any atom is -0.355 e. The summed E-state index contributed by atoms with van der Waals surface area (Å²) in [5.74, 6) is -0.113. The van der Waals surface area contributed by atoms with Crippen LogP contribution in [0.25, 0.3) is 0 Å². The number of nitrogens with one attached hydrogen (secondary N) is 1. The molecule has 0 bridgehead atoms. The predicted molar refractivity (Wildman–Crippen MR) is 123 cm³/mol. The van der Waals surface area contributed by atoms with Gasteiger partial charge in [-0.3, -0.25) is 14.3 Å². The van der Waals surface area contributed by atoms with Crippen molar-refractivity contribution in [3.63, 3.8) is 0 Å². The average molecular weight is 461 g/mol. The maximum Gasteiger partial charge on any atom is 0.291 e. The monoisotopic (exact) mass is 460 g/mol. The van der Waals surface area contributed by atoms with Gasteiger partial charge >= 0.3 is 0 Å². The lowest BCUT2D eigenvalue weighted by Crippen LogP contribution is -2.42. The lowest BCUT2D eigenvalue weighted by Gasteiger charge is -2.36. The molecule has 9 heteroatoms. The third-order valence-electron chi connectivity index (χ3n) is 7.60. The number of amides is 1. The van der Waals surface area contributed by atoms with Crippen molar-refractivity contribution in [2.45, 2.75) is 91.6 Å². The van der Waals surface area contributed by atoms with E-state index in [4.69, 9.17) is 14.0 Å². The Morgan fingerprint density at radius 1 is 1.18 bits per heavy atom. The van der Waals surface area contributed by atoms with Crippen molar-refractivity contribution in [2.24, 2.45) is 12.5 Å². The van der Waals surface area contributed by atoms with Crippen LogP contribution in [0.2, 0.25) is 0 Å².